The summed E-state index contributed by atoms with van der Waals surface area (Å²) in [5.74, 6) is -91.2. The Labute approximate surface area is 533 Å². The van der Waals surface area contributed by atoms with E-state index < -0.39 is 226 Å². The lowest BCUT2D eigenvalue weighted by molar-refractivity contribution is -0.387. The highest BCUT2D eigenvalue weighted by Crippen LogP contribution is 2.55. The number of alkyl halides is 33. The zero-order valence-corrected chi connectivity index (χ0v) is 41.1. The van der Waals surface area contributed by atoms with Crippen molar-refractivity contribution in [3.05, 3.63) is 0 Å². The molecule has 10 nitrogen and oxygen atoms in total. The lowest BCUT2D eigenvalue weighted by Gasteiger charge is -2.38. The molecule has 46 heteroatoms. The molecule has 0 fully saturated rings. The van der Waals surface area contributed by atoms with Gasteiger partial charge in [-0.25, -0.2) is 48.3 Å². The molecule has 0 saturated heterocycles. The first kappa shape index (κ1) is 142. The van der Waals surface area contributed by atoms with Gasteiger partial charge in [-0.1, -0.05) is 111 Å². The van der Waals surface area contributed by atoms with Crippen molar-refractivity contribution in [2.45, 2.75) is 260 Å². The highest BCUT2D eigenvalue weighted by molar-refractivity contribution is 7.79. The summed E-state index contributed by atoms with van der Waals surface area (Å²) in [5.41, 5.74) is 0. The second-order valence-electron chi connectivity index (χ2n) is 15.7. The zero-order valence-electron chi connectivity index (χ0n) is 38.6. The molecule has 0 aliphatic rings. The van der Waals surface area contributed by atoms with Crippen molar-refractivity contribution in [3.63, 3.8) is 0 Å². The molecule has 0 aromatic heterocycles. The Morgan fingerprint density at radius 2 is 0.452 bits per heavy atom. The average molecular weight is 1540 g/mol. The number of hydrogen-bond acceptors (Lipinski definition) is 10. The molecule has 0 bridgehead atoms. The fourth-order valence-corrected chi connectivity index (χ4v) is 5.32. The van der Waals surface area contributed by atoms with Gasteiger partial charge in [-0.3, -0.25) is 12.6 Å². The monoisotopic (exact) mass is 1540 g/mol. The van der Waals surface area contributed by atoms with E-state index in [1.54, 1.807) is 0 Å². The molecule has 0 aromatic carbocycles. The van der Waals surface area contributed by atoms with Gasteiger partial charge in [-0.05, 0) is 33.2 Å². The molecule has 0 aromatic rings. The van der Waals surface area contributed by atoms with E-state index >= 15 is 0 Å². The minimum Gasteiger partial charge on any atom is -0.772 e. The minimum atomic E-state index is -6.37. The molecule has 6 atom stereocenters. The highest BCUT2D eigenvalue weighted by atomic mass is 32.2. The van der Waals surface area contributed by atoms with Crippen molar-refractivity contribution in [1.29, 1.82) is 0 Å². The van der Waals surface area contributed by atoms with E-state index in [4.69, 9.17) is 0 Å². The van der Waals surface area contributed by atoms with Crippen molar-refractivity contribution in [1.82, 2.24) is 0 Å². The van der Waals surface area contributed by atoms with Crippen LogP contribution in [0.2, 0.25) is 0 Å². The third-order valence-corrected chi connectivity index (χ3v) is 10.0. The predicted octanol–water partition coefficient (Wildman–Crippen LogP) is 21.4. The van der Waals surface area contributed by atoms with E-state index in [0.717, 1.165) is 0 Å². The summed E-state index contributed by atoms with van der Waals surface area (Å²) in [5, 5.41) is 0. The van der Waals surface area contributed by atoms with Crippen molar-refractivity contribution in [2.24, 2.45) is 0 Å². The second kappa shape index (κ2) is 47.8. The summed E-state index contributed by atoms with van der Waals surface area (Å²) in [6.07, 6.45) is -8.12. The Morgan fingerprint density at radius 3 is 0.656 bits per heavy atom. The van der Waals surface area contributed by atoms with Gasteiger partial charge in [0.1, 0.15) is 19.8 Å². The van der Waals surface area contributed by atoms with Crippen LogP contribution >= 0.6 is 0 Å². The van der Waals surface area contributed by atoms with Gasteiger partial charge in [-0.2, -0.15) is 79.0 Å². The zero-order chi connectivity index (χ0) is 64.4. The summed E-state index contributed by atoms with van der Waals surface area (Å²) in [6.45, 7) is -11.9. The van der Waals surface area contributed by atoms with Gasteiger partial charge in [0.05, 0.1) is 36.9 Å². The molecular weight excluding hydrogens is 1450 g/mol. The van der Waals surface area contributed by atoms with E-state index in [1.165, 1.54) is 0 Å². The van der Waals surface area contributed by atoms with Gasteiger partial charge in [0, 0.05) is 41.5 Å². The first-order valence-corrected chi connectivity index (χ1v) is 22.5. The van der Waals surface area contributed by atoms with Crippen LogP contribution in [0.25, 0.3) is 0 Å². The Kier molecular flexibility index (Phi) is 73.0. The van der Waals surface area contributed by atoms with Gasteiger partial charge in [0.25, 0.3) is 41.3 Å². The van der Waals surface area contributed by atoms with Crippen molar-refractivity contribution in [3.8, 4) is 0 Å². The molecule has 0 N–H and O–H groups in total. The SMILES string of the molecule is C.C.C.C.C.C.C.C.C.C.C.C.C.C.C.CC(F)(F)C(F)(F)C(F)(F)C(C)(F)OCC(F)(F)CC(F)(F)CS(=O)[O-].CC(F)(F)C(F)(F)C(F)(F)C(C)(F)OCC(F)(F)CS(=O)[O-].CC(F)(F)C(F)(F)C(F)(F)C(C)(F)OCCOCC(F)(F)CS(=O)[O-].FC(F)(F)F. The molecule has 596 valence electrons. The maximum atomic E-state index is 13.7. The van der Waals surface area contributed by atoms with Crippen LogP contribution in [0, 0.1) is 0 Å². The number of halogens is 33. The minimum absolute atomic E-state index is 0. The van der Waals surface area contributed by atoms with E-state index in [2.05, 4.69) is 18.9 Å². The molecule has 6 unspecified atom stereocenters. The third-order valence-electron chi connectivity index (χ3n) is 8.05. The van der Waals surface area contributed by atoms with Crippen LogP contribution in [0.3, 0.4) is 0 Å². The Bertz CT molecular complexity index is 1910. The molecule has 0 rings (SSSR count). The summed E-state index contributed by atoms with van der Waals surface area (Å²) < 4.78 is 492. The summed E-state index contributed by atoms with van der Waals surface area (Å²) in [6, 6.07) is 0. The molecule has 0 spiro atoms. The number of rotatable bonds is 29. The lowest BCUT2D eigenvalue weighted by Crippen LogP contribution is -2.63. The molecule has 0 saturated carbocycles. The Hall–Kier alpha value is -2.14. The Morgan fingerprint density at radius 1 is 0.269 bits per heavy atom. The normalized spacial score (nSPS) is 15.2. The molecule has 0 radical (unpaired) electrons. The van der Waals surface area contributed by atoms with Gasteiger partial charge in [0.15, 0.2) is 0 Å². The summed E-state index contributed by atoms with van der Waals surface area (Å²) in [7, 11) is 0. The van der Waals surface area contributed by atoms with Gasteiger partial charge in [-0.15, -0.1) is 17.6 Å². The quantitative estimate of drug-likeness (QED) is 0.0401. The average Bonchev–Trinajstić information content (AvgIpc) is 3.12. The second-order valence-corrected chi connectivity index (χ2v) is 18.4. The maximum absolute atomic E-state index is 13.7. The Balaban J connectivity index is -0.0000000465. The molecule has 93 heavy (non-hydrogen) atoms. The number of ether oxygens (including phenoxy) is 4. The number of hydrogen-bond donors (Lipinski definition) is 0. The molecule has 0 aliphatic carbocycles. The van der Waals surface area contributed by atoms with Crippen LogP contribution in [0.1, 0.15) is 159 Å². The first-order valence-electron chi connectivity index (χ1n) is 18.7. The van der Waals surface area contributed by atoms with E-state index in [-0.39, 0.29) is 118 Å². The van der Waals surface area contributed by atoms with Crippen molar-refractivity contribution in [2.75, 3.05) is 50.3 Å². The molecule has 0 amide bonds. The van der Waals surface area contributed by atoms with Crippen LogP contribution < -0.4 is 0 Å². The van der Waals surface area contributed by atoms with Crippen molar-refractivity contribution >= 4 is 33.2 Å². The van der Waals surface area contributed by atoms with E-state index in [1.807, 2.05) is 0 Å². The predicted molar refractivity (Wildman–Crippen MR) is 293 cm³/mol. The van der Waals surface area contributed by atoms with Crippen LogP contribution in [0.5, 0.6) is 0 Å². The highest BCUT2D eigenvalue weighted by Gasteiger charge is 2.80. The topological polar surface area (TPSA) is 157 Å². The van der Waals surface area contributed by atoms with E-state index in [9.17, 15) is 171 Å². The third kappa shape index (κ3) is 45.2. The summed E-state index contributed by atoms with van der Waals surface area (Å²) >= 11 is -9.96. The lowest BCUT2D eigenvalue weighted by atomic mass is 9.99. The largest absolute Gasteiger partial charge is 0.772 e. The van der Waals surface area contributed by atoms with Gasteiger partial charge < -0.3 is 32.6 Å². The fourth-order valence-electron chi connectivity index (χ4n) is 4.02. The smallest absolute Gasteiger partial charge is 0.559 e. The standard InChI is InChI=1S/C11H13F11O3S.C11H15F9O4S.C9H11F9O3S.CF4.15CH4/c1-6(12,13)10(19,20)11(21,22)7(2,14)25-4-8(15,16)3-9(17,18)5-26(23)24;1-7(12,13)10(17,18)11(19,20)8(2,14)24-4-3-23-5-9(15,16)6-25(21)22;1-5(10,11)8(15,16)9(17,18)6(2,12)21-3-7(13,14)4-22(19)20;2-1(3,4)5;;;;;;;;;;;;;;;/h3-5H2,1-2H3,(H,23,24);3-6H2,1-2H3,(H,21,22);3-4H2,1-2H3,(H,19,20);;15*1H4/p-3. The van der Waals surface area contributed by atoms with Crippen LogP contribution in [0.15, 0.2) is 0 Å². The van der Waals surface area contributed by atoms with Crippen molar-refractivity contribution < 1.29 is 190 Å². The summed E-state index contributed by atoms with van der Waals surface area (Å²) in [4.78, 5) is 0. The van der Waals surface area contributed by atoms with Crippen LogP contribution in [0.4, 0.5) is 145 Å². The van der Waals surface area contributed by atoms with Gasteiger partial charge >= 0.3 is 59.7 Å². The fraction of sp³-hybridized carbons (Fsp3) is 1.00. The maximum Gasteiger partial charge on any atom is 0.559 e. The van der Waals surface area contributed by atoms with Gasteiger partial charge in [0.2, 0.25) is 0 Å². The molecule has 0 heterocycles. The first-order chi connectivity index (χ1) is 33.3. The van der Waals surface area contributed by atoms with Crippen LogP contribution in [-0.2, 0) is 52.2 Å². The van der Waals surface area contributed by atoms with E-state index in [0.29, 0.717) is 0 Å². The van der Waals surface area contributed by atoms with Crippen LogP contribution in [-0.4, -0.2) is 178 Å². The molecule has 0 aliphatic heterocycles. The molecular formula is C47H96F33O10S3-3.